The first-order chi connectivity index (χ1) is 19.4. The molecule has 210 valence electrons. The van der Waals surface area contributed by atoms with Crippen molar-refractivity contribution in [3.63, 3.8) is 0 Å². The molecule has 1 amide bonds. The average Bonchev–Trinajstić information content (AvgIpc) is 3.23. The molecule has 8 nitrogen and oxygen atoms in total. The monoisotopic (exact) mass is 564 g/mol. The first kappa shape index (κ1) is 26.9. The van der Waals surface area contributed by atoms with Crippen molar-refractivity contribution >= 4 is 30.1 Å². The zero-order valence-electron chi connectivity index (χ0n) is 21.9. The molecule has 0 aliphatic carbocycles. The van der Waals surface area contributed by atoms with Gasteiger partial charge in [0.25, 0.3) is 0 Å². The smallest absolute Gasteiger partial charge is 0.456 e. The number of carbonyl (C=O) groups excluding carboxylic acids is 2. The molecule has 0 bridgehead atoms. The van der Waals surface area contributed by atoms with E-state index in [0.717, 1.165) is 6.07 Å². The predicted octanol–water partition coefficient (Wildman–Crippen LogP) is 3.18. The van der Waals surface area contributed by atoms with Crippen molar-refractivity contribution in [2.24, 2.45) is 0 Å². The van der Waals surface area contributed by atoms with E-state index in [0.29, 0.717) is 43.5 Å². The van der Waals surface area contributed by atoms with E-state index < -0.39 is 41.5 Å². The highest BCUT2D eigenvalue weighted by Gasteiger charge is 2.57. The molecule has 0 saturated carbocycles. The minimum Gasteiger partial charge on any atom is -0.456 e. The van der Waals surface area contributed by atoms with Crippen molar-refractivity contribution in [1.82, 2.24) is 4.90 Å². The number of halogens is 3. The fourth-order valence-corrected chi connectivity index (χ4v) is 5.83. The molecule has 12 heteroatoms. The second-order valence-electron chi connectivity index (χ2n) is 10.3. The molecule has 1 spiro atoms. The van der Waals surface area contributed by atoms with Crippen molar-refractivity contribution in [2.75, 3.05) is 31.1 Å². The molecule has 1 atom stereocenters. The lowest BCUT2D eigenvalue weighted by atomic mass is 9.72. The van der Waals surface area contributed by atoms with Crippen molar-refractivity contribution in [3.8, 4) is 11.5 Å². The van der Waals surface area contributed by atoms with Crippen LogP contribution in [0.25, 0.3) is 0 Å². The Balaban J connectivity index is 1.51. The lowest BCUT2D eigenvalue weighted by Crippen LogP contribution is -2.49. The van der Waals surface area contributed by atoms with Crippen LogP contribution in [0.2, 0.25) is 0 Å². The largest absolute Gasteiger partial charge is 0.488 e. The second-order valence-corrected chi connectivity index (χ2v) is 10.3. The number of alkyl halides is 3. The van der Waals surface area contributed by atoms with Gasteiger partial charge >= 0.3 is 19.3 Å². The Kier molecular flexibility index (Phi) is 6.16. The number of benzene rings is 3. The van der Waals surface area contributed by atoms with E-state index in [4.69, 9.17) is 9.47 Å². The zero-order chi connectivity index (χ0) is 29.3. The number of hydrogen-bond acceptors (Lipinski definition) is 7. The summed E-state index contributed by atoms with van der Waals surface area (Å²) in [5.74, 6) is -1.08. The quantitative estimate of drug-likeness (QED) is 0.287. The molecular weight excluding hydrogens is 540 g/mol. The van der Waals surface area contributed by atoms with Gasteiger partial charge in [-0.2, -0.15) is 13.2 Å². The Morgan fingerprint density at radius 3 is 2.37 bits per heavy atom. The summed E-state index contributed by atoms with van der Waals surface area (Å²) in [7, 11) is -2.20. The van der Waals surface area contributed by atoms with Crippen LogP contribution in [0.3, 0.4) is 0 Å². The Morgan fingerprint density at radius 2 is 1.71 bits per heavy atom. The SMILES string of the molecule is C=C(C)C(=O)N1CCN(c2ccc3c(c2)Oc2cc(B(O)O)cc(C(F)(F)F)c2C32OC(=O)c3ccccc32)CC1. The minimum atomic E-state index is -4.95. The molecule has 6 rings (SSSR count). The molecule has 1 unspecified atom stereocenters. The molecule has 2 N–H and O–H groups in total. The van der Waals surface area contributed by atoms with Crippen molar-refractivity contribution < 1.29 is 42.3 Å². The number of nitrogens with zero attached hydrogens (tertiary/aromatic N) is 2. The zero-order valence-corrected chi connectivity index (χ0v) is 21.9. The summed E-state index contributed by atoms with van der Waals surface area (Å²) in [5.41, 5.74) is -2.40. The average molecular weight is 564 g/mol. The third-order valence-electron chi connectivity index (χ3n) is 7.71. The Morgan fingerprint density at radius 1 is 1.00 bits per heavy atom. The maximum absolute atomic E-state index is 14.6. The van der Waals surface area contributed by atoms with Gasteiger partial charge in [-0.25, -0.2) is 4.79 Å². The number of esters is 1. The molecular formula is C29H24BF3N2O6. The molecule has 1 fully saturated rings. The normalized spacial score (nSPS) is 19.2. The molecule has 41 heavy (non-hydrogen) atoms. The van der Waals surface area contributed by atoms with Crippen LogP contribution in [0.4, 0.5) is 18.9 Å². The van der Waals surface area contributed by atoms with E-state index in [1.807, 2.05) is 4.90 Å². The summed E-state index contributed by atoms with van der Waals surface area (Å²) in [5, 5.41) is 19.6. The van der Waals surface area contributed by atoms with E-state index in [-0.39, 0.29) is 34.1 Å². The van der Waals surface area contributed by atoms with Crippen LogP contribution in [0.5, 0.6) is 11.5 Å². The highest BCUT2D eigenvalue weighted by atomic mass is 19.4. The molecule has 3 aliphatic rings. The first-order valence-electron chi connectivity index (χ1n) is 12.9. The topological polar surface area (TPSA) is 99.5 Å². The Bertz CT molecular complexity index is 1620. The van der Waals surface area contributed by atoms with Crippen LogP contribution in [-0.2, 0) is 21.3 Å². The summed E-state index contributed by atoms with van der Waals surface area (Å²) in [6.07, 6.45) is -4.95. The van der Waals surface area contributed by atoms with Crippen molar-refractivity contribution in [3.05, 3.63) is 94.6 Å². The van der Waals surface area contributed by atoms with Gasteiger partial charge in [0.15, 0.2) is 5.60 Å². The molecule has 0 aromatic heterocycles. The summed E-state index contributed by atoms with van der Waals surface area (Å²) >= 11 is 0. The van der Waals surface area contributed by atoms with Crippen molar-refractivity contribution in [1.29, 1.82) is 0 Å². The number of fused-ring (bicyclic) bond motifs is 6. The molecule has 3 aliphatic heterocycles. The predicted molar refractivity (Wildman–Crippen MR) is 143 cm³/mol. The standard InChI is InChI=1S/C29H24BF3N2O6/c1-16(2)26(36)35-11-9-34(10-12-35)18-7-8-21-23(15-18)40-24-14-17(30(38)39)13-22(29(31,32)33)25(24)28(21)20-6-4-3-5-19(20)27(37)41-28/h3-8,13-15,38-39H,1,9-12H2,2H3. The van der Waals surface area contributed by atoms with Gasteiger partial charge in [-0.15, -0.1) is 0 Å². The maximum atomic E-state index is 14.6. The van der Waals surface area contributed by atoms with Gasteiger partial charge in [0.05, 0.1) is 16.7 Å². The van der Waals surface area contributed by atoms with E-state index >= 15 is 0 Å². The van der Waals surface area contributed by atoms with Crippen LogP contribution in [-0.4, -0.2) is 60.1 Å². The number of amides is 1. The summed E-state index contributed by atoms with van der Waals surface area (Å²) in [4.78, 5) is 29.1. The van der Waals surface area contributed by atoms with Gasteiger partial charge in [-0.05, 0) is 42.7 Å². The highest BCUT2D eigenvalue weighted by Crippen LogP contribution is 2.59. The highest BCUT2D eigenvalue weighted by molar-refractivity contribution is 6.58. The number of carbonyl (C=O) groups is 2. The summed E-state index contributed by atoms with van der Waals surface area (Å²) in [6, 6.07) is 12.9. The van der Waals surface area contributed by atoms with Crippen LogP contribution in [0, 0.1) is 0 Å². The number of ether oxygens (including phenoxy) is 2. The lowest BCUT2D eigenvalue weighted by Gasteiger charge is -2.40. The van der Waals surface area contributed by atoms with E-state index in [1.54, 1.807) is 48.2 Å². The van der Waals surface area contributed by atoms with E-state index in [9.17, 15) is 32.8 Å². The Labute approximate surface area is 233 Å². The molecule has 3 heterocycles. The van der Waals surface area contributed by atoms with Crippen LogP contribution in [0.1, 0.15) is 39.5 Å². The van der Waals surface area contributed by atoms with Crippen molar-refractivity contribution in [2.45, 2.75) is 18.7 Å². The molecule has 3 aromatic carbocycles. The Hall–Kier alpha value is -4.29. The minimum absolute atomic E-state index is 0.119. The second kappa shape index (κ2) is 9.39. The molecule has 1 saturated heterocycles. The van der Waals surface area contributed by atoms with Crippen LogP contribution >= 0.6 is 0 Å². The molecule has 3 aromatic rings. The van der Waals surface area contributed by atoms with Gasteiger partial charge < -0.3 is 29.3 Å². The number of anilines is 1. The lowest BCUT2D eigenvalue weighted by molar-refractivity contribution is -0.139. The number of rotatable bonds is 3. The fraction of sp³-hybridized carbons (Fsp3) is 0.241. The van der Waals surface area contributed by atoms with Gasteiger partial charge in [-0.3, -0.25) is 4.79 Å². The summed E-state index contributed by atoms with van der Waals surface area (Å²) < 4.78 is 55.6. The summed E-state index contributed by atoms with van der Waals surface area (Å²) in [6.45, 7) is 7.26. The molecule has 0 radical (unpaired) electrons. The van der Waals surface area contributed by atoms with E-state index in [1.165, 1.54) is 6.07 Å². The van der Waals surface area contributed by atoms with Crippen LogP contribution < -0.4 is 15.1 Å². The number of hydrogen-bond donors (Lipinski definition) is 2. The third kappa shape index (κ3) is 4.17. The van der Waals surface area contributed by atoms with Crippen LogP contribution in [0.15, 0.2) is 66.7 Å². The fourth-order valence-electron chi connectivity index (χ4n) is 5.83. The van der Waals surface area contributed by atoms with E-state index in [2.05, 4.69) is 6.58 Å². The number of piperazine rings is 1. The van der Waals surface area contributed by atoms with Gasteiger partial charge in [0.1, 0.15) is 11.5 Å². The van der Waals surface area contributed by atoms with Gasteiger partial charge in [-0.1, -0.05) is 24.8 Å². The maximum Gasteiger partial charge on any atom is 0.488 e. The first-order valence-corrected chi connectivity index (χ1v) is 12.9. The van der Waals surface area contributed by atoms with Gasteiger partial charge in [0, 0.05) is 54.6 Å². The third-order valence-corrected chi connectivity index (χ3v) is 7.71. The van der Waals surface area contributed by atoms with Gasteiger partial charge in [0.2, 0.25) is 5.91 Å².